The van der Waals surface area contributed by atoms with E-state index in [1.165, 1.54) is 12.3 Å². The molecule has 92 valence electrons. The first-order chi connectivity index (χ1) is 8.63. The third-order valence-electron chi connectivity index (χ3n) is 2.68. The van der Waals surface area contributed by atoms with Crippen molar-refractivity contribution in [3.63, 3.8) is 0 Å². The van der Waals surface area contributed by atoms with Crippen LogP contribution < -0.4 is 5.73 Å². The maximum absolute atomic E-state index is 7.85. The molecule has 4 nitrogen and oxygen atoms in total. The zero-order chi connectivity index (χ0) is 13.1. The van der Waals surface area contributed by atoms with Gasteiger partial charge in [0, 0.05) is 5.39 Å². The maximum atomic E-state index is 7.85. The first-order valence-electron chi connectivity index (χ1n) is 5.87. The minimum atomic E-state index is 0.227. The van der Waals surface area contributed by atoms with Gasteiger partial charge >= 0.3 is 0 Å². The quantitative estimate of drug-likeness (QED) is 0.810. The second-order valence-corrected chi connectivity index (χ2v) is 4.38. The van der Waals surface area contributed by atoms with E-state index in [1.54, 1.807) is 0 Å². The lowest BCUT2D eigenvalue weighted by molar-refractivity contribution is 0.826. The number of nitrogens with one attached hydrogen (secondary N) is 1. The lowest BCUT2D eigenvalue weighted by atomic mass is 10.0. The summed E-state index contributed by atoms with van der Waals surface area (Å²) in [6.45, 7) is 4.17. The monoisotopic (exact) mass is 240 g/mol. The average molecular weight is 240 g/mol. The van der Waals surface area contributed by atoms with Crippen LogP contribution in [-0.2, 0) is 0 Å². The lowest BCUT2D eigenvalue weighted by Crippen LogP contribution is -2.07. The number of aromatic nitrogens is 2. The SMILES string of the molecule is CC(C)c1nc(C(=N)/C=C\N)nc2ccccc12. The fraction of sp³-hybridized carbons (Fsp3) is 0.214. The predicted octanol–water partition coefficient (Wildman–Crippen LogP) is 2.59. The first kappa shape index (κ1) is 12.2. The normalized spacial score (nSPS) is 11.5. The second-order valence-electron chi connectivity index (χ2n) is 4.38. The molecule has 1 aromatic heterocycles. The Kier molecular flexibility index (Phi) is 3.37. The molecule has 0 unspecified atom stereocenters. The second kappa shape index (κ2) is 4.96. The summed E-state index contributed by atoms with van der Waals surface area (Å²) in [5.74, 6) is 0.699. The molecule has 0 bridgehead atoms. The van der Waals surface area contributed by atoms with Crippen LogP contribution in [0.4, 0.5) is 0 Å². The molecule has 0 aliphatic carbocycles. The number of hydrogen-bond acceptors (Lipinski definition) is 4. The van der Waals surface area contributed by atoms with Gasteiger partial charge in [-0.05, 0) is 24.3 Å². The fourth-order valence-electron chi connectivity index (χ4n) is 1.83. The van der Waals surface area contributed by atoms with Crippen molar-refractivity contribution in [1.29, 1.82) is 5.41 Å². The molecule has 0 fully saturated rings. The summed E-state index contributed by atoms with van der Waals surface area (Å²) < 4.78 is 0. The van der Waals surface area contributed by atoms with Crippen molar-refractivity contribution in [3.8, 4) is 0 Å². The van der Waals surface area contributed by atoms with Gasteiger partial charge in [0.1, 0.15) is 5.71 Å². The molecule has 1 heterocycles. The highest BCUT2D eigenvalue weighted by atomic mass is 14.9. The number of nitrogens with zero attached hydrogens (tertiary/aromatic N) is 2. The van der Waals surface area contributed by atoms with Crippen LogP contribution in [0.15, 0.2) is 36.5 Å². The van der Waals surface area contributed by atoms with Gasteiger partial charge in [-0.1, -0.05) is 32.0 Å². The third-order valence-corrected chi connectivity index (χ3v) is 2.68. The molecule has 18 heavy (non-hydrogen) atoms. The fourth-order valence-corrected chi connectivity index (χ4v) is 1.83. The van der Waals surface area contributed by atoms with Gasteiger partial charge in [-0.2, -0.15) is 0 Å². The summed E-state index contributed by atoms with van der Waals surface area (Å²) in [5, 5.41) is 8.89. The summed E-state index contributed by atoms with van der Waals surface area (Å²) >= 11 is 0. The van der Waals surface area contributed by atoms with Crippen LogP contribution in [-0.4, -0.2) is 15.7 Å². The topological polar surface area (TPSA) is 75.7 Å². The number of rotatable bonds is 3. The van der Waals surface area contributed by atoms with Crippen LogP contribution in [0.25, 0.3) is 10.9 Å². The highest BCUT2D eigenvalue weighted by Crippen LogP contribution is 2.22. The number of nitrogens with two attached hydrogens (primary N) is 1. The summed E-state index contributed by atoms with van der Waals surface area (Å²) in [5.41, 5.74) is 7.35. The van der Waals surface area contributed by atoms with E-state index in [-0.39, 0.29) is 11.6 Å². The van der Waals surface area contributed by atoms with Crippen molar-refractivity contribution in [2.24, 2.45) is 5.73 Å². The summed E-state index contributed by atoms with van der Waals surface area (Å²) in [6.07, 6.45) is 2.82. The molecule has 0 atom stereocenters. The first-order valence-corrected chi connectivity index (χ1v) is 5.87. The average Bonchev–Trinajstić information content (AvgIpc) is 2.37. The van der Waals surface area contributed by atoms with Gasteiger partial charge in [0.25, 0.3) is 0 Å². The Morgan fingerprint density at radius 2 is 2.00 bits per heavy atom. The van der Waals surface area contributed by atoms with E-state index in [0.717, 1.165) is 16.6 Å². The molecule has 0 amide bonds. The van der Waals surface area contributed by atoms with Crippen LogP contribution in [0.5, 0.6) is 0 Å². The standard InChI is InChI=1S/C14H16N4/c1-9(2)13-10-5-3-4-6-12(10)17-14(18-13)11(16)7-8-15/h3-9,16H,15H2,1-2H3/b8-7-,16-11?. The van der Waals surface area contributed by atoms with Crippen LogP contribution in [0.1, 0.15) is 31.3 Å². The highest BCUT2D eigenvalue weighted by Gasteiger charge is 2.11. The molecule has 0 saturated heterocycles. The van der Waals surface area contributed by atoms with Crippen LogP contribution in [0.3, 0.4) is 0 Å². The van der Waals surface area contributed by atoms with Gasteiger partial charge in [0.15, 0.2) is 5.82 Å². The largest absolute Gasteiger partial charge is 0.405 e. The van der Waals surface area contributed by atoms with Gasteiger partial charge in [-0.15, -0.1) is 0 Å². The maximum Gasteiger partial charge on any atom is 0.178 e. The Morgan fingerprint density at radius 3 is 2.67 bits per heavy atom. The Labute approximate surface area is 106 Å². The minimum Gasteiger partial charge on any atom is -0.405 e. The van der Waals surface area contributed by atoms with Crippen molar-refractivity contribution in [3.05, 3.63) is 48.1 Å². The van der Waals surface area contributed by atoms with Crippen molar-refractivity contribution >= 4 is 16.6 Å². The molecule has 0 aliphatic heterocycles. The zero-order valence-electron chi connectivity index (χ0n) is 10.5. The third kappa shape index (κ3) is 2.22. The van der Waals surface area contributed by atoms with E-state index in [2.05, 4.69) is 23.8 Å². The van der Waals surface area contributed by atoms with Crippen LogP contribution >= 0.6 is 0 Å². The molecule has 1 aromatic carbocycles. The van der Waals surface area contributed by atoms with E-state index >= 15 is 0 Å². The molecular formula is C14H16N4. The molecular weight excluding hydrogens is 224 g/mol. The highest BCUT2D eigenvalue weighted by molar-refractivity contribution is 6.04. The number of fused-ring (bicyclic) bond motifs is 1. The number of hydrogen-bond donors (Lipinski definition) is 2. The van der Waals surface area contributed by atoms with Crippen LogP contribution in [0, 0.1) is 5.41 Å². The molecule has 2 aromatic rings. The lowest BCUT2D eigenvalue weighted by Gasteiger charge is -2.10. The molecule has 0 saturated carbocycles. The van der Waals surface area contributed by atoms with E-state index < -0.39 is 0 Å². The van der Waals surface area contributed by atoms with Crippen molar-refractivity contribution in [1.82, 2.24) is 9.97 Å². The summed E-state index contributed by atoms with van der Waals surface area (Å²) in [7, 11) is 0. The summed E-state index contributed by atoms with van der Waals surface area (Å²) in [6, 6.07) is 7.86. The Balaban J connectivity index is 2.68. The van der Waals surface area contributed by atoms with Gasteiger partial charge in [0.05, 0.1) is 11.2 Å². The molecule has 0 radical (unpaired) electrons. The van der Waals surface area contributed by atoms with Crippen LogP contribution in [0.2, 0.25) is 0 Å². The van der Waals surface area contributed by atoms with Gasteiger partial charge < -0.3 is 5.73 Å². The smallest absolute Gasteiger partial charge is 0.178 e. The number of allylic oxidation sites excluding steroid dienone is 1. The predicted molar refractivity (Wildman–Crippen MR) is 73.8 cm³/mol. The van der Waals surface area contributed by atoms with Gasteiger partial charge in [-0.25, -0.2) is 9.97 Å². The van der Waals surface area contributed by atoms with Crippen molar-refractivity contribution < 1.29 is 0 Å². The van der Waals surface area contributed by atoms with E-state index in [4.69, 9.17) is 11.1 Å². The van der Waals surface area contributed by atoms with E-state index in [0.29, 0.717) is 5.82 Å². The minimum absolute atomic E-state index is 0.227. The molecule has 4 heteroatoms. The molecule has 2 rings (SSSR count). The van der Waals surface area contributed by atoms with Gasteiger partial charge in [-0.3, -0.25) is 5.41 Å². The zero-order valence-corrected chi connectivity index (χ0v) is 10.5. The number of benzene rings is 1. The molecule has 0 aliphatic rings. The number of para-hydroxylation sites is 1. The Hall–Kier alpha value is -2.23. The Bertz CT molecular complexity index is 614. The van der Waals surface area contributed by atoms with Crippen molar-refractivity contribution in [2.75, 3.05) is 0 Å². The summed E-state index contributed by atoms with van der Waals surface area (Å²) in [4.78, 5) is 8.87. The molecule has 0 spiro atoms. The van der Waals surface area contributed by atoms with E-state index in [9.17, 15) is 0 Å². The van der Waals surface area contributed by atoms with Crippen molar-refractivity contribution in [2.45, 2.75) is 19.8 Å². The van der Waals surface area contributed by atoms with Gasteiger partial charge in [0.2, 0.25) is 0 Å². The Morgan fingerprint density at radius 1 is 1.28 bits per heavy atom. The van der Waals surface area contributed by atoms with E-state index in [1.807, 2.05) is 24.3 Å². The molecule has 3 N–H and O–H groups in total.